The quantitative estimate of drug-likeness (QED) is 0.744. The average Bonchev–Trinajstić information content (AvgIpc) is 2.77. The molecule has 6 nitrogen and oxygen atoms in total. The van der Waals surface area contributed by atoms with Crippen molar-refractivity contribution in [3.63, 3.8) is 0 Å². The first-order valence-electron chi connectivity index (χ1n) is 5.19. The van der Waals surface area contributed by atoms with E-state index in [2.05, 4.69) is 20.5 Å². The Morgan fingerprint density at radius 1 is 1.59 bits per heavy atom. The summed E-state index contributed by atoms with van der Waals surface area (Å²) >= 11 is 0. The minimum Gasteiger partial charge on any atom is -0.505 e. The summed E-state index contributed by atoms with van der Waals surface area (Å²) in [6.07, 6.45) is 3.47. The van der Waals surface area contributed by atoms with Gasteiger partial charge in [0.15, 0.2) is 5.82 Å². The van der Waals surface area contributed by atoms with Crippen LogP contribution in [0.2, 0.25) is 0 Å². The maximum atomic E-state index is 11.8. The monoisotopic (exact) mass is 232 g/mol. The Morgan fingerprint density at radius 2 is 2.41 bits per heavy atom. The molecule has 0 aromatic carbocycles. The van der Waals surface area contributed by atoms with Gasteiger partial charge in [0, 0.05) is 18.0 Å². The molecule has 0 aliphatic rings. The maximum absolute atomic E-state index is 11.8. The lowest BCUT2D eigenvalue weighted by Crippen LogP contribution is -2.12. The molecule has 6 heteroatoms. The molecule has 88 valence electrons. The van der Waals surface area contributed by atoms with E-state index >= 15 is 0 Å². The summed E-state index contributed by atoms with van der Waals surface area (Å²) < 4.78 is 0. The van der Waals surface area contributed by atoms with Crippen molar-refractivity contribution >= 4 is 11.7 Å². The van der Waals surface area contributed by atoms with Crippen molar-refractivity contribution in [1.82, 2.24) is 15.2 Å². The Kier molecular flexibility index (Phi) is 3.04. The van der Waals surface area contributed by atoms with Crippen LogP contribution in [0.3, 0.4) is 0 Å². The molecule has 2 heterocycles. The molecular formula is C11H12N4O2. The van der Waals surface area contributed by atoms with E-state index in [0.29, 0.717) is 5.82 Å². The van der Waals surface area contributed by atoms with E-state index in [1.54, 1.807) is 6.07 Å². The highest BCUT2D eigenvalue weighted by molar-refractivity contribution is 6.05. The van der Waals surface area contributed by atoms with Gasteiger partial charge in [-0.1, -0.05) is 6.92 Å². The number of hydrogen-bond acceptors (Lipinski definition) is 4. The minimum absolute atomic E-state index is 0.156. The molecule has 0 saturated heterocycles. The number of aromatic amines is 1. The third-order valence-electron chi connectivity index (χ3n) is 2.30. The molecule has 0 spiro atoms. The molecule has 1 amide bonds. The summed E-state index contributed by atoms with van der Waals surface area (Å²) in [5, 5.41) is 18.8. The number of carbonyl (C=O) groups excluding carboxylic acids is 1. The van der Waals surface area contributed by atoms with Crippen LogP contribution < -0.4 is 5.32 Å². The number of aromatic hydroxyl groups is 1. The molecule has 0 bridgehead atoms. The highest BCUT2D eigenvalue weighted by atomic mass is 16.3. The van der Waals surface area contributed by atoms with Gasteiger partial charge >= 0.3 is 0 Å². The van der Waals surface area contributed by atoms with Crippen LogP contribution in [0.25, 0.3) is 0 Å². The fraction of sp³-hybridized carbons (Fsp3) is 0.182. The molecule has 17 heavy (non-hydrogen) atoms. The predicted molar refractivity (Wildman–Crippen MR) is 61.8 cm³/mol. The van der Waals surface area contributed by atoms with Gasteiger partial charge in [0.2, 0.25) is 0 Å². The van der Waals surface area contributed by atoms with Crippen LogP contribution in [-0.4, -0.2) is 26.2 Å². The molecule has 0 radical (unpaired) electrons. The van der Waals surface area contributed by atoms with Crippen LogP contribution in [-0.2, 0) is 6.42 Å². The zero-order valence-electron chi connectivity index (χ0n) is 9.27. The Labute approximate surface area is 97.7 Å². The second kappa shape index (κ2) is 4.65. The Balaban J connectivity index is 2.14. The summed E-state index contributed by atoms with van der Waals surface area (Å²) in [6.45, 7) is 1.98. The van der Waals surface area contributed by atoms with Gasteiger partial charge in [0.1, 0.15) is 5.75 Å². The zero-order chi connectivity index (χ0) is 12.3. The second-order valence-electron chi connectivity index (χ2n) is 3.48. The van der Waals surface area contributed by atoms with Crippen molar-refractivity contribution in [3.8, 4) is 5.75 Å². The van der Waals surface area contributed by atoms with Crippen LogP contribution in [0.1, 0.15) is 23.0 Å². The highest BCUT2D eigenvalue weighted by Crippen LogP contribution is 2.16. The first-order chi connectivity index (χ1) is 8.20. The van der Waals surface area contributed by atoms with Gasteiger partial charge in [-0.25, -0.2) is 0 Å². The van der Waals surface area contributed by atoms with Crippen molar-refractivity contribution in [1.29, 1.82) is 0 Å². The molecule has 2 aromatic rings. The molecular weight excluding hydrogens is 220 g/mol. The van der Waals surface area contributed by atoms with E-state index in [1.807, 2.05) is 6.92 Å². The smallest absolute Gasteiger partial charge is 0.260 e. The number of amides is 1. The second-order valence-corrected chi connectivity index (χ2v) is 3.48. The van der Waals surface area contributed by atoms with E-state index < -0.39 is 5.91 Å². The largest absolute Gasteiger partial charge is 0.505 e. The van der Waals surface area contributed by atoms with E-state index in [9.17, 15) is 9.90 Å². The van der Waals surface area contributed by atoms with E-state index in [-0.39, 0.29) is 11.3 Å². The molecule has 2 aromatic heterocycles. The summed E-state index contributed by atoms with van der Waals surface area (Å²) in [5.74, 6) is -0.140. The number of anilines is 1. The third-order valence-corrected chi connectivity index (χ3v) is 2.30. The number of aromatic nitrogens is 3. The van der Waals surface area contributed by atoms with Crippen LogP contribution in [0.4, 0.5) is 5.82 Å². The van der Waals surface area contributed by atoms with Gasteiger partial charge in [0.05, 0.1) is 11.8 Å². The Morgan fingerprint density at radius 3 is 3.06 bits per heavy atom. The Hall–Kier alpha value is -2.37. The summed E-state index contributed by atoms with van der Waals surface area (Å²) in [5.41, 5.74) is 1.10. The first-order valence-corrected chi connectivity index (χ1v) is 5.19. The lowest BCUT2D eigenvalue weighted by molar-refractivity contribution is 0.102. The number of hydrogen-bond donors (Lipinski definition) is 3. The van der Waals surface area contributed by atoms with Crippen molar-refractivity contribution in [2.45, 2.75) is 13.3 Å². The molecule has 2 rings (SSSR count). The zero-order valence-corrected chi connectivity index (χ0v) is 9.27. The van der Waals surface area contributed by atoms with E-state index in [4.69, 9.17) is 0 Å². The fourth-order valence-electron chi connectivity index (χ4n) is 1.37. The Bertz CT molecular complexity index is 536. The fourth-order valence-corrected chi connectivity index (χ4v) is 1.37. The number of rotatable bonds is 3. The summed E-state index contributed by atoms with van der Waals surface area (Å²) in [4.78, 5) is 15.5. The topological polar surface area (TPSA) is 90.9 Å². The van der Waals surface area contributed by atoms with Gasteiger partial charge in [-0.15, -0.1) is 0 Å². The predicted octanol–water partition coefficient (Wildman–Crippen LogP) is 1.32. The van der Waals surface area contributed by atoms with Crippen molar-refractivity contribution < 1.29 is 9.90 Å². The molecule has 0 atom stereocenters. The van der Waals surface area contributed by atoms with Gasteiger partial charge in [-0.05, 0) is 12.5 Å². The highest BCUT2D eigenvalue weighted by Gasteiger charge is 2.12. The summed E-state index contributed by atoms with van der Waals surface area (Å²) in [6, 6.07) is 3.19. The molecule has 0 aliphatic heterocycles. The lowest BCUT2D eigenvalue weighted by atomic mass is 10.2. The molecule has 0 saturated carbocycles. The van der Waals surface area contributed by atoms with Crippen molar-refractivity contribution in [2.24, 2.45) is 0 Å². The minimum atomic E-state index is -0.418. The molecule has 0 fully saturated rings. The van der Waals surface area contributed by atoms with Crippen LogP contribution in [0.15, 0.2) is 24.5 Å². The lowest BCUT2D eigenvalue weighted by Gasteiger charge is -2.02. The van der Waals surface area contributed by atoms with Crippen LogP contribution in [0.5, 0.6) is 5.75 Å². The molecule has 0 aliphatic carbocycles. The summed E-state index contributed by atoms with van der Waals surface area (Å²) in [7, 11) is 0. The first kappa shape index (κ1) is 11.1. The number of H-pyrrole nitrogens is 1. The third kappa shape index (κ3) is 2.41. The SMILES string of the molecule is CCc1cc(NC(=O)c2ccncc2O)n[nH]1. The number of nitrogens with one attached hydrogen (secondary N) is 2. The normalized spacial score (nSPS) is 10.2. The van der Waals surface area contributed by atoms with Crippen molar-refractivity contribution in [2.75, 3.05) is 5.32 Å². The maximum Gasteiger partial charge on any atom is 0.260 e. The van der Waals surface area contributed by atoms with Gasteiger partial charge < -0.3 is 10.4 Å². The van der Waals surface area contributed by atoms with Crippen LogP contribution >= 0.6 is 0 Å². The number of carbonyl (C=O) groups is 1. The number of aryl methyl sites for hydroxylation is 1. The number of pyridine rings is 1. The van der Waals surface area contributed by atoms with E-state index in [0.717, 1.165) is 12.1 Å². The average molecular weight is 232 g/mol. The van der Waals surface area contributed by atoms with Gasteiger partial charge in [-0.2, -0.15) is 5.10 Å². The number of nitrogens with zero attached hydrogens (tertiary/aromatic N) is 2. The van der Waals surface area contributed by atoms with Gasteiger partial charge in [-0.3, -0.25) is 14.9 Å². The van der Waals surface area contributed by atoms with E-state index in [1.165, 1.54) is 18.5 Å². The molecule has 3 N–H and O–H groups in total. The van der Waals surface area contributed by atoms with Gasteiger partial charge in [0.25, 0.3) is 5.91 Å². The standard InChI is InChI=1S/C11H12N4O2/c1-2-7-5-10(15-14-7)13-11(17)8-3-4-12-6-9(8)16/h3-6,16H,2H2,1H3,(H2,13,14,15,17). The molecule has 0 unspecified atom stereocenters. The van der Waals surface area contributed by atoms with Crippen LogP contribution in [0, 0.1) is 0 Å². The van der Waals surface area contributed by atoms with Crippen molar-refractivity contribution in [3.05, 3.63) is 35.8 Å².